The van der Waals surface area contributed by atoms with Crippen LogP contribution in [-0.4, -0.2) is 41.4 Å². The highest BCUT2D eigenvalue weighted by atomic mass is 16.5. The van der Waals surface area contributed by atoms with Gasteiger partial charge in [-0.05, 0) is 11.5 Å². The third kappa shape index (κ3) is 3.56. The molecule has 0 fully saturated rings. The van der Waals surface area contributed by atoms with Crippen molar-refractivity contribution >= 4 is 6.21 Å². The topological polar surface area (TPSA) is 50.6 Å². The summed E-state index contributed by atoms with van der Waals surface area (Å²) in [7, 11) is 1.59. The number of nitrogens with zero attached hydrogens (tertiary/aromatic N) is 4. The Morgan fingerprint density at radius 1 is 1.25 bits per heavy atom. The Kier molecular flexibility index (Phi) is 4.71. The van der Waals surface area contributed by atoms with E-state index >= 15 is 0 Å². The van der Waals surface area contributed by atoms with Gasteiger partial charge in [-0.15, -0.1) is 0 Å². The van der Waals surface area contributed by atoms with Crippen molar-refractivity contribution in [2.24, 2.45) is 10.9 Å². The van der Waals surface area contributed by atoms with Gasteiger partial charge in [0.15, 0.2) is 0 Å². The number of methoxy groups -OCH3 is 1. The molecule has 108 valence electrons. The molecule has 2 heterocycles. The highest BCUT2D eigenvalue weighted by Crippen LogP contribution is 2.18. The Morgan fingerprint density at radius 3 is 2.65 bits per heavy atom. The van der Waals surface area contributed by atoms with Crippen LogP contribution in [-0.2, 0) is 0 Å². The average Bonchev–Trinajstić information content (AvgIpc) is 2.47. The zero-order valence-electron chi connectivity index (χ0n) is 12.6. The maximum atomic E-state index is 5.03. The number of aliphatic imine (C=N–C) groups is 1. The molecule has 0 amide bonds. The number of rotatable bonds is 5. The van der Waals surface area contributed by atoms with Crippen LogP contribution in [0, 0.1) is 5.92 Å². The minimum atomic E-state index is 0.298. The van der Waals surface area contributed by atoms with Crippen LogP contribution in [0.15, 0.2) is 29.2 Å². The first-order chi connectivity index (χ1) is 9.60. The Hall–Kier alpha value is -1.91. The Morgan fingerprint density at radius 2 is 2.05 bits per heavy atom. The van der Waals surface area contributed by atoms with Crippen molar-refractivity contribution < 1.29 is 4.74 Å². The summed E-state index contributed by atoms with van der Waals surface area (Å²) in [4.78, 5) is 15.2. The third-order valence-electron chi connectivity index (χ3n) is 3.37. The number of aromatic nitrogens is 2. The normalized spacial score (nSPS) is 16.2. The van der Waals surface area contributed by atoms with E-state index in [1.54, 1.807) is 19.5 Å². The van der Waals surface area contributed by atoms with Gasteiger partial charge >= 0.3 is 0 Å². The standard InChI is InChI=1S/C15H22N4O/c1-11(2)13-5-16-10-19(9-13)8-12(3)14-6-18-15(20-4)7-17-14/h5-7,9,11-12H,8,10H2,1-4H3. The van der Waals surface area contributed by atoms with Crippen LogP contribution < -0.4 is 4.74 Å². The van der Waals surface area contributed by atoms with Crippen molar-refractivity contribution in [3.63, 3.8) is 0 Å². The average molecular weight is 274 g/mol. The summed E-state index contributed by atoms with van der Waals surface area (Å²) >= 11 is 0. The molecular formula is C15H22N4O. The smallest absolute Gasteiger partial charge is 0.231 e. The highest BCUT2D eigenvalue weighted by molar-refractivity contribution is 5.79. The molecule has 0 aliphatic carbocycles. The van der Waals surface area contributed by atoms with Crippen molar-refractivity contribution in [1.82, 2.24) is 14.9 Å². The molecule has 1 atom stereocenters. The predicted molar refractivity (Wildman–Crippen MR) is 80.0 cm³/mol. The Balaban J connectivity index is 2.00. The minimum Gasteiger partial charge on any atom is -0.480 e. The molecule has 0 N–H and O–H groups in total. The molecule has 0 saturated heterocycles. The number of ether oxygens (including phenoxy) is 1. The molecule has 1 aliphatic rings. The van der Waals surface area contributed by atoms with E-state index in [1.807, 2.05) is 6.21 Å². The first-order valence-corrected chi connectivity index (χ1v) is 6.91. The molecule has 20 heavy (non-hydrogen) atoms. The third-order valence-corrected chi connectivity index (χ3v) is 3.37. The molecule has 0 spiro atoms. The van der Waals surface area contributed by atoms with Crippen LogP contribution in [0.2, 0.25) is 0 Å². The molecule has 0 saturated carbocycles. The first-order valence-electron chi connectivity index (χ1n) is 6.91. The Labute approximate surface area is 120 Å². The van der Waals surface area contributed by atoms with Crippen molar-refractivity contribution in [3.8, 4) is 5.88 Å². The molecule has 2 rings (SSSR count). The van der Waals surface area contributed by atoms with E-state index in [4.69, 9.17) is 4.74 Å². The van der Waals surface area contributed by atoms with Crippen LogP contribution in [0.4, 0.5) is 0 Å². The van der Waals surface area contributed by atoms with E-state index in [1.165, 1.54) is 5.57 Å². The van der Waals surface area contributed by atoms with Gasteiger partial charge in [0.1, 0.15) is 6.67 Å². The predicted octanol–water partition coefficient (Wildman–Crippen LogP) is 2.47. The first kappa shape index (κ1) is 14.5. The molecule has 0 bridgehead atoms. The van der Waals surface area contributed by atoms with Gasteiger partial charge in [0.25, 0.3) is 0 Å². The zero-order chi connectivity index (χ0) is 14.5. The molecule has 1 aromatic rings. The van der Waals surface area contributed by atoms with E-state index in [0.29, 0.717) is 24.4 Å². The van der Waals surface area contributed by atoms with Crippen molar-refractivity contribution in [2.75, 3.05) is 20.3 Å². The van der Waals surface area contributed by atoms with Crippen LogP contribution in [0.1, 0.15) is 32.4 Å². The molecule has 5 nitrogen and oxygen atoms in total. The zero-order valence-corrected chi connectivity index (χ0v) is 12.6. The quantitative estimate of drug-likeness (QED) is 0.827. The van der Waals surface area contributed by atoms with Crippen molar-refractivity contribution in [1.29, 1.82) is 0 Å². The van der Waals surface area contributed by atoms with E-state index in [9.17, 15) is 0 Å². The van der Waals surface area contributed by atoms with Gasteiger partial charge in [0.2, 0.25) is 5.88 Å². The molecule has 1 aliphatic heterocycles. The molecular weight excluding hydrogens is 252 g/mol. The van der Waals surface area contributed by atoms with Gasteiger partial charge in [-0.1, -0.05) is 20.8 Å². The maximum absolute atomic E-state index is 5.03. The van der Waals surface area contributed by atoms with Crippen LogP contribution in [0.25, 0.3) is 0 Å². The van der Waals surface area contributed by atoms with Crippen LogP contribution >= 0.6 is 0 Å². The van der Waals surface area contributed by atoms with Gasteiger partial charge in [-0.2, -0.15) is 0 Å². The van der Waals surface area contributed by atoms with E-state index < -0.39 is 0 Å². The highest BCUT2D eigenvalue weighted by Gasteiger charge is 2.14. The summed E-state index contributed by atoms with van der Waals surface area (Å²) in [6.45, 7) is 8.11. The van der Waals surface area contributed by atoms with Crippen molar-refractivity contribution in [2.45, 2.75) is 26.7 Å². The largest absolute Gasteiger partial charge is 0.480 e. The van der Waals surface area contributed by atoms with Gasteiger partial charge in [-0.25, -0.2) is 4.98 Å². The lowest BCUT2D eigenvalue weighted by Gasteiger charge is -2.26. The summed E-state index contributed by atoms with van der Waals surface area (Å²) in [6, 6.07) is 0. The van der Waals surface area contributed by atoms with Gasteiger partial charge < -0.3 is 9.64 Å². The summed E-state index contributed by atoms with van der Waals surface area (Å²) in [6.07, 6.45) is 7.61. The fourth-order valence-corrected chi connectivity index (χ4v) is 2.08. The molecule has 1 aromatic heterocycles. The summed E-state index contributed by atoms with van der Waals surface area (Å²) in [5.74, 6) is 1.34. The summed E-state index contributed by atoms with van der Waals surface area (Å²) < 4.78 is 5.03. The summed E-state index contributed by atoms with van der Waals surface area (Å²) in [5, 5.41) is 0. The molecule has 1 unspecified atom stereocenters. The van der Waals surface area contributed by atoms with E-state index in [0.717, 1.165) is 12.2 Å². The van der Waals surface area contributed by atoms with Crippen molar-refractivity contribution in [3.05, 3.63) is 29.9 Å². The fraction of sp³-hybridized carbons (Fsp3) is 0.533. The Bertz CT molecular complexity index is 493. The maximum Gasteiger partial charge on any atom is 0.231 e. The van der Waals surface area contributed by atoms with Gasteiger partial charge in [0, 0.05) is 24.9 Å². The van der Waals surface area contributed by atoms with Crippen LogP contribution in [0.5, 0.6) is 5.88 Å². The minimum absolute atomic E-state index is 0.298. The number of allylic oxidation sites excluding steroid dienone is 1. The number of hydrogen-bond acceptors (Lipinski definition) is 5. The second kappa shape index (κ2) is 6.50. The molecule has 5 heteroatoms. The second-order valence-electron chi connectivity index (χ2n) is 5.39. The summed E-state index contributed by atoms with van der Waals surface area (Å²) in [5.41, 5.74) is 2.24. The SMILES string of the molecule is COc1cnc(C(C)CN2C=C(C(C)C)C=NC2)cn1. The molecule has 0 aromatic carbocycles. The number of hydrogen-bond donors (Lipinski definition) is 0. The lowest BCUT2D eigenvalue weighted by molar-refractivity contribution is 0.354. The van der Waals surface area contributed by atoms with Gasteiger partial charge in [-0.3, -0.25) is 9.98 Å². The lowest BCUT2D eigenvalue weighted by Crippen LogP contribution is -2.27. The van der Waals surface area contributed by atoms with Gasteiger partial charge in [0.05, 0.1) is 25.2 Å². The van der Waals surface area contributed by atoms with Crippen LogP contribution in [0.3, 0.4) is 0 Å². The monoisotopic (exact) mass is 274 g/mol. The molecule has 0 radical (unpaired) electrons. The fourth-order valence-electron chi connectivity index (χ4n) is 2.08. The van der Waals surface area contributed by atoms with E-state index in [-0.39, 0.29) is 0 Å². The lowest BCUT2D eigenvalue weighted by atomic mass is 10.0. The second-order valence-corrected chi connectivity index (χ2v) is 5.39. The van der Waals surface area contributed by atoms with E-state index in [2.05, 4.69) is 46.8 Å².